The van der Waals surface area contributed by atoms with Crippen LogP contribution >= 0.6 is 0 Å². The lowest BCUT2D eigenvalue weighted by Gasteiger charge is -2.25. The van der Waals surface area contributed by atoms with E-state index in [1.54, 1.807) is 4.90 Å². The van der Waals surface area contributed by atoms with Crippen molar-refractivity contribution in [1.29, 1.82) is 0 Å². The molecular weight excluding hydrogens is 482 g/mol. The van der Waals surface area contributed by atoms with Crippen LogP contribution in [0.4, 0.5) is 4.79 Å². The van der Waals surface area contributed by atoms with Gasteiger partial charge in [-0.25, -0.2) is 4.79 Å². The van der Waals surface area contributed by atoms with Gasteiger partial charge in [0.2, 0.25) is 0 Å². The van der Waals surface area contributed by atoms with Gasteiger partial charge in [0, 0.05) is 26.3 Å². The van der Waals surface area contributed by atoms with E-state index in [1.165, 1.54) is 38.5 Å². The molecule has 1 atom stereocenters. The first-order chi connectivity index (χ1) is 18.4. The van der Waals surface area contributed by atoms with E-state index in [0.29, 0.717) is 38.6 Å². The predicted molar refractivity (Wildman–Crippen MR) is 155 cm³/mol. The standard InChI is InChI=1S/C31H61NO6/c1-6-11-14-18-23-32(31(35)38-26-29(36-9-4)37-10-5)24-19-17-22-28(30(33)34)25-27(20-15-12-7-2)21-16-13-8-3/h27-29H,6-26H2,1-5H3,(H,33,34). The molecule has 0 bridgehead atoms. The minimum Gasteiger partial charge on any atom is -0.481 e. The van der Waals surface area contributed by atoms with Crippen LogP contribution in [0.25, 0.3) is 0 Å². The number of carboxylic acid groups (broad SMARTS) is 1. The number of hydrogen-bond acceptors (Lipinski definition) is 5. The Labute approximate surface area is 234 Å². The summed E-state index contributed by atoms with van der Waals surface area (Å²) in [7, 11) is 0. The zero-order valence-electron chi connectivity index (χ0n) is 25.5. The monoisotopic (exact) mass is 543 g/mol. The van der Waals surface area contributed by atoms with Crippen molar-refractivity contribution in [3.05, 3.63) is 0 Å². The van der Waals surface area contributed by atoms with Crippen LogP contribution in [0.15, 0.2) is 0 Å². The maximum Gasteiger partial charge on any atom is 0.409 e. The van der Waals surface area contributed by atoms with Crippen molar-refractivity contribution in [2.24, 2.45) is 11.8 Å². The molecule has 1 N–H and O–H groups in total. The summed E-state index contributed by atoms with van der Waals surface area (Å²) in [6.07, 6.45) is 16.0. The third kappa shape index (κ3) is 19.7. The van der Waals surface area contributed by atoms with E-state index < -0.39 is 12.3 Å². The summed E-state index contributed by atoms with van der Waals surface area (Å²) < 4.78 is 16.5. The normalized spacial score (nSPS) is 12.3. The van der Waals surface area contributed by atoms with Crippen molar-refractivity contribution in [2.75, 3.05) is 32.9 Å². The van der Waals surface area contributed by atoms with Crippen LogP contribution in [0.5, 0.6) is 0 Å². The van der Waals surface area contributed by atoms with Gasteiger partial charge >= 0.3 is 12.1 Å². The van der Waals surface area contributed by atoms with Crippen molar-refractivity contribution < 1.29 is 28.9 Å². The molecule has 7 heteroatoms. The molecule has 0 aliphatic rings. The number of carbonyl (C=O) groups excluding carboxylic acids is 1. The van der Waals surface area contributed by atoms with Gasteiger partial charge in [0.25, 0.3) is 0 Å². The fraction of sp³-hybridized carbons (Fsp3) is 0.935. The van der Waals surface area contributed by atoms with Gasteiger partial charge in [-0.05, 0) is 45.4 Å². The Hall–Kier alpha value is -1.34. The van der Waals surface area contributed by atoms with E-state index in [4.69, 9.17) is 14.2 Å². The van der Waals surface area contributed by atoms with Gasteiger partial charge < -0.3 is 24.2 Å². The predicted octanol–water partition coefficient (Wildman–Crippen LogP) is 8.44. The Kier molecular flexibility index (Phi) is 25.0. The number of ether oxygens (including phenoxy) is 3. The molecule has 0 heterocycles. The number of carbonyl (C=O) groups is 2. The molecule has 0 saturated carbocycles. The van der Waals surface area contributed by atoms with Gasteiger partial charge in [0.05, 0.1) is 5.92 Å². The first kappa shape index (κ1) is 36.7. The van der Waals surface area contributed by atoms with Crippen molar-refractivity contribution in [1.82, 2.24) is 4.90 Å². The first-order valence-electron chi connectivity index (χ1n) is 15.8. The van der Waals surface area contributed by atoms with E-state index in [9.17, 15) is 14.7 Å². The maximum absolute atomic E-state index is 12.9. The minimum atomic E-state index is -0.672. The summed E-state index contributed by atoms with van der Waals surface area (Å²) in [4.78, 5) is 26.7. The topological polar surface area (TPSA) is 85.3 Å². The molecule has 0 aromatic rings. The average Bonchev–Trinajstić information content (AvgIpc) is 2.90. The summed E-state index contributed by atoms with van der Waals surface area (Å²) in [6, 6.07) is 0. The average molecular weight is 544 g/mol. The van der Waals surface area contributed by atoms with Crippen molar-refractivity contribution in [2.45, 2.75) is 144 Å². The third-order valence-corrected chi connectivity index (χ3v) is 7.22. The van der Waals surface area contributed by atoms with Crippen molar-refractivity contribution in [3.8, 4) is 0 Å². The second-order valence-electron chi connectivity index (χ2n) is 10.6. The molecule has 0 aromatic carbocycles. The van der Waals surface area contributed by atoms with Crippen LogP contribution in [0.3, 0.4) is 0 Å². The summed E-state index contributed by atoms with van der Waals surface area (Å²) in [5.74, 6) is -0.469. The van der Waals surface area contributed by atoms with Crippen LogP contribution in [0.1, 0.15) is 137 Å². The van der Waals surface area contributed by atoms with Gasteiger partial charge in [-0.3, -0.25) is 4.79 Å². The lowest BCUT2D eigenvalue weighted by Crippen LogP contribution is -2.36. The van der Waals surface area contributed by atoms with E-state index in [1.807, 2.05) is 13.8 Å². The van der Waals surface area contributed by atoms with Crippen LogP contribution in [0, 0.1) is 11.8 Å². The largest absolute Gasteiger partial charge is 0.481 e. The molecule has 1 amide bonds. The fourth-order valence-corrected chi connectivity index (χ4v) is 4.95. The molecule has 0 spiro atoms. The highest BCUT2D eigenvalue weighted by molar-refractivity contribution is 5.70. The summed E-state index contributed by atoms with van der Waals surface area (Å²) in [5, 5.41) is 9.93. The van der Waals surface area contributed by atoms with Gasteiger partial charge in [-0.1, -0.05) is 97.8 Å². The van der Waals surface area contributed by atoms with E-state index in [0.717, 1.165) is 57.8 Å². The number of nitrogens with zero attached hydrogens (tertiary/aromatic N) is 1. The van der Waals surface area contributed by atoms with Crippen LogP contribution in [-0.2, 0) is 19.0 Å². The molecule has 226 valence electrons. The van der Waals surface area contributed by atoms with E-state index in [2.05, 4.69) is 20.8 Å². The molecule has 0 aliphatic heterocycles. The quantitative estimate of drug-likeness (QED) is 0.0826. The van der Waals surface area contributed by atoms with Gasteiger partial charge in [0.15, 0.2) is 6.29 Å². The molecule has 0 aromatic heterocycles. The van der Waals surface area contributed by atoms with Crippen LogP contribution in [-0.4, -0.2) is 61.3 Å². The Morgan fingerprint density at radius 2 is 1.18 bits per heavy atom. The third-order valence-electron chi connectivity index (χ3n) is 7.22. The number of rotatable bonds is 27. The highest BCUT2D eigenvalue weighted by atomic mass is 16.7. The van der Waals surface area contributed by atoms with Crippen LogP contribution in [0.2, 0.25) is 0 Å². The first-order valence-corrected chi connectivity index (χ1v) is 15.8. The molecule has 38 heavy (non-hydrogen) atoms. The highest BCUT2D eigenvalue weighted by Crippen LogP contribution is 2.27. The number of amides is 1. The van der Waals surface area contributed by atoms with Gasteiger partial charge in [-0.2, -0.15) is 0 Å². The Morgan fingerprint density at radius 1 is 0.684 bits per heavy atom. The molecule has 0 saturated heterocycles. The van der Waals surface area contributed by atoms with Crippen LogP contribution < -0.4 is 0 Å². The van der Waals surface area contributed by atoms with Crippen molar-refractivity contribution >= 4 is 12.1 Å². The van der Waals surface area contributed by atoms with Gasteiger partial charge in [0.1, 0.15) is 6.61 Å². The highest BCUT2D eigenvalue weighted by Gasteiger charge is 2.23. The lowest BCUT2D eigenvalue weighted by atomic mass is 9.84. The number of carboxylic acids is 1. The molecule has 0 fully saturated rings. The number of unbranched alkanes of at least 4 members (excludes halogenated alkanes) is 8. The second-order valence-corrected chi connectivity index (χ2v) is 10.6. The second kappa shape index (κ2) is 25.9. The molecule has 0 rings (SSSR count). The molecule has 1 unspecified atom stereocenters. The molecule has 0 aliphatic carbocycles. The Bertz CT molecular complexity index is 542. The SMILES string of the molecule is CCCCCCN(CCCCC(CC(CCCCC)CCCCC)C(=O)O)C(=O)OCC(OCC)OCC. The summed E-state index contributed by atoms with van der Waals surface area (Å²) >= 11 is 0. The Balaban J connectivity index is 4.87. The smallest absolute Gasteiger partial charge is 0.409 e. The summed E-state index contributed by atoms with van der Waals surface area (Å²) in [5.41, 5.74) is 0. The molecule has 0 radical (unpaired) electrons. The van der Waals surface area contributed by atoms with Crippen molar-refractivity contribution in [3.63, 3.8) is 0 Å². The minimum absolute atomic E-state index is 0.0739. The molecule has 7 nitrogen and oxygen atoms in total. The zero-order chi connectivity index (χ0) is 28.4. The fourth-order valence-electron chi connectivity index (χ4n) is 4.95. The maximum atomic E-state index is 12.9. The zero-order valence-corrected chi connectivity index (χ0v) is 25.5. The number of hydrogen-bond donors (Lipinski definition) is 1. The Morgan fingerprint density at radius 3 is 1.68 bits per heavy atom. The molecular formula is C31H61NO6. The van der Waals surface area contributed by atoms with Gasteiger partial charge in [-0.15, -0.1) is 0 Å². The lowest BCUT2D eigenvalue weighted by molar-refractivity contribution is -0.158. The summed E-state index contributed by atoms with van der Waals surface area (Å²) in [6.45, 7) is 12.7. The van der Waals surface area contributed by atoms with E-state index in [-0.39, 0.29) is 18.6 Å². The van der Waals surface area contributed by atoms with E-state index >= 15 is 0 Å². The number of aliphatic carboxylic acids is 1.